The highest BCUT2D eigenvalue weighted by Crippen LogP contribution is 2.32. The van der Waals surface area contributed by atoms with Crippen LogP contribution in [-0.2, 0) is 10.0 Å². The average molecular weight is 335 g/mol. The first kappa shape index (κ1) is 17.3. The number of rotatable bonds is 6. The summed E-state index contributed by atoms with van der Waals surface area (Å²) >= 11 is 0. The molecule has 0 radical (unpaired) electrons. The van der Waals surface area contributed by atoms with Gasteiger partial charge in [0.15, 0.2) is 0 Å². The summed E-state index contributed by atoms with van der Waals surface area (Å²) in [7, 11) is -0.804. The van der Waals surface area contributed by atoms with Gasteiger partial charge in [0.1, 0.15) is 16.4 Å². The molecule has 0 spiro atoms. The van der Waals surface area contributed by atoms with Gasteiger partial charge in [0.25, 0.3) is 0 Å². The highest BCUT2D eigenvalue weighted by molar-refractivity contribution is 7.89. The van der Waals surface area contributed by atoms with Gasteiger partial charge in [-0.1, -0.05) is 30.3 Å². The van der Waals surface area contributed by atoms with E-state index in [1.807, 2.05) is 37.3 Å². The zero-order valence-corrected chi connectivity index (χ0v) is 14.5. The Morgan fingerprint density at radius 2 is 1.61 bits per heavy atom. The fourth-order valence-corrected chi connectivity index (χ4v) is 3.74. The summed E-state index contributed by atoms with van der Waals surface area (Å²) in [6, 6.07) is 12.2. The molecule has 2 rings (SSSR count). The summed E-state index contributed by atoms with van der Waals surface area (Å²) in [5.41, 5.74) is 1.69. The van der Waals surface area contributed by atoms with Gasteiger partial charge in [-0.2, -0.15) is 0 Å². The maximum Gasteiger partial charge on any atom is 0.244 e. The summed E-state index contributed by atoms with van der Waals surface area (Å²) in [5.74, 6) is 0.787. The molecule has 6 heteroatoms. The van der Waals surface area contributed by atoms with Gasteiger partial charge in [-0.3, -0.25) is 0 Å². The van der Waals surface area contributed by atoms with E-state index in [1.54, 1.807) is 13.0 Å². The van der Waals surface area contributed by atoms with Crippen molar-refractivity contribution in [3.8, 4) is 11.5 Å². The predicted octanol–water partition coefficient (Wildman–Crippen LogP) is 3.05. The topological polar surface area (TPSA) is 64.6 Å². The van der Waals surface area contributed by atoms with Crippen molar-refractivity contribution in [2.45, 2.75) is 24.8 Å². The van der Waals surface area contributed by atoms with Gasteiger partial charge < -0.3 is 9.47 Å². The first-order valence-electron chi connectivity index (χ1n) is 7.19. The van der Waals surface area contributed by atoms with Crippen LogP contribution in [0.4, 0.5) is 0 Å². The Bertz CT molecular complexity index is 773. The lowest BCUT2D eigenvalue weighted by Gasteiger charge is -2.17. The summed E-state index contributed by atoms with van der Waals surface area (Å²) in [6.45, 7) is 3.63. The first-order valence-corrected chi connectivity index (χ1v) is 8.67. The van der Waals surface area contributed by atoms with E-state index in [-0.39, 0.29) is 16.7 Å². The van der Waals surface area contributed by atoms with E-state index >= 15 is 0 Å². The summed E-state index contributed by atoms with van der Waals surface area (Å²) in [4.78, 5) is 0.0604. The van der Waals surface area contributed by atoms with E-state index in [9.17, 15) is 8.42 Å². The minimum Gasteiger partial charge on any atom is -0.496 e. The Balaban J connectivity index is 2.39. The van der Waals surface area contributed by atoms with Crippen LogP contribution >= 0.6 is 0 Å². The molecule has 0 saturated heterocycles. The Labute approximate surface area is 137 Å². The molecule has 0 heterocycles. The van der Waals surface area contributed by atoms with Crippen LogP contribution < -0.4 is 14.2 Å². The Morgan fingerprint density at radius 3 is 2.17 bits per heavy atom. The monoisotopic (exact) mass is 335 g/mol. The Hall–Kier alpha value is -2.05. The fourth-order valence-electron chi connectivity index (χ4n) is 2.34. The number of hydrogen-bond acceptors (Lipinski definition) is 4. The number of methoxy groups -OCH3 is 2. The molecule has 0 aliphatic rings. The zero-order chi connectivity index (χ0) is 17.0. The predicted molar refractivity (Wildman–Crippen MR) is 89.5 cm³/mol. The van der Waals surface area contributed by atoms with Crippen molar-refractivity contribution in [1.29, 1.82) is 0 Å². The normalized spacial score (nSPS) is 12.7. The Morgan fingerprint density at radius 1 is 1.00 bits per heavy atom. The number of benzene rings is 2. The molecule has 0 aliphatic carbocycles. The standard InChI is InChI=1S/C17H21NO4S/c1-12-10-16(22-4)17(11-15(12)21-3)23(19,20)18-13(2)14-8-6-5-7-9-14/h5-11,13,18H,1-4H3/t13-/m0/s1. The van der Waals surface area contributed by atoms with Crippen LogP contribution in [0.5, 0.6) is 11.5 Å². The van der Waals surface area contributed by atoms with E-state index in [0.29, 0.717) is 5.75 Å². The number of aryl methyl sites for hydroxylation is 1. The van der Waals surface area contributed by atoms with Gasteiger partial charge in [-0.15, -0.1) is 0 Å². The van der Waals surface area contributed by atoms with Crippen molar-refractivity contribution >= 4 is 10.0 Å². The van der Waals surface area contributed by atoms with Crippen molar-refractivity contribution < 1.29 is 17.9 Å². The number of nitrogens with one attached hydrogen (secondary N) is 1. The Kier molecular flexibility index (Phi) is 5.28. The number of sulfonamides is 1. The third-order valence-electron chi connectivity index (χ3n) is 3.60. The van der Waals surface area contributed by atoms with Crippen LogP contribution in [0.15, 0.2) is 47.4 Å². The van der Waals surface area contributed by atoms with Crippen LogP contribution in [0, 0.1) is 6.92 Å². The third kappa shape index (κ3) is 3.83. The average Bonchev–Trinajstić information content (AvgIpc) is 2.54. The van der Waals surface area contributed by atoms with Crippen LogP contribution in [0.2, 0.25) is 0 Å². The van der Waals surface area contributed by atoms with Crippen molar-refractivity contribution in [3.05, 3.63) is 53.6 Å². The second-order valence-corrected chi connectivity index (χ2v) is 6.91. The smallest absolute Gasteiger partial charge is 0.244 e. The quantitative estimate of drug-likeness (QED) is 0.881. The van der Waals surface area contributed by atoms with E-state index in [1.165, 1.54) is 20.3 Å². The highest BCUT2D eigenvalue weighted by atomic mass is 32.2. The maximum absolute atomic E-state index is 12.7. The van der Waals surface area contributed by atoms with Crippen molar-refractivity contribution in [2.24, 2.45) is 0 Å². The van der Waals surface area contributed by atoms with Crippen molar-refractivity contribution in [3.63, 3.8) is 0 Å². The summed E-state index contributed by atoms with van der Waals surface area (Å²) < 4.78 is 38.6. The molecule has 0 bridgehead atoms. The van der Waals surface area contributed by atoms with Crippen LogP contribution in [-0.4, -0.2) is 22.6 Å². The largest absolute Gasteiger partial charge is 0.496 e. The molecule has 0 saturated carbocycles. The molecule has 0 fully saturated rings. The van der Waals surface area contributed by atoms with Crippen LogP contribution in [0.1, 0.15) is 24.1 Å². The van der Waals surface area contributed by atoms with Crippen LogP contribution in [0.3, 0.4) is 0 Å². The lowest BCUT2D eigenvalue weighted by atomic mass is 10.1. The minimum atomic E-state index is -3.75. The molecule has 23 heavy (non-hydrogen) atoms. The van der Waals surface area contributed by atoms with Crippen LogP contribution in [0.25, 0.3) is 0 Å². The van der Waals surface area contributed by atoms with E-state index in [0.717, 1.165) is 11.1 Å². The zero-order valence-electron chi connectivity index (χ0n) is 13.7. The minimum absolute atomic E-state index is 0.0604. The molecule has 0 aliphatic heterocycles. The molecular formula is C17H21NO4S. The van der Waals surface area contributed by atoms with Gasteiger partial charge in [0.05, 0.1) is 14.2 Å². The lowest BCUT2D eigenvalue weighted by molar-refractivity contribution is 0.389. The van der Waals surface area contributed by atoms with Gasteiger partial charge in [-0.25, -0.2) is 13.1 Å². The van der Waals surface area contributed by atoms with Gasteiger partial charge >= 0.3 is 0 Å². The molecule has 0 amide bonds. The molecular weight excluding hydrogens is 314 g/mol. The van der Waals surface area contributed by atoms with Crippen molar-refractivity contribution in [1.82, 2.24) is 4.72 Å². The van der Waals surface area contributed by atoms with Gasteiger partial charge in [0.2, 0.25) is 10.0 Å². The maximum atomic E-state index is 12.7. The number of hydrogen-bond donors (Lipinski definition) is 1. The lowest BCUT2D eigenvalue weighted by Crippen LogP contribution is -2.27. The molecule has 0 unspecified atom stereocenters. The molecule has 2 aromatic carbocycles. The SMILES string of the molecule is COc1cc(S(=O)(=O)N[C@@H](C)c2ccccc2)c(OC)cc1C. The highest BCUT2D eigenvalue weighted by Gasteiger charge is 2.24. The molecule has 1 N–H and O–H groups in total. The number of ether oxygens (including phenoxy) is 2. The molecule has 124 valence electrons. The third-order valence-corrected chi connectivity index (χ3v) is 5.16. The summed E-state index contributed by atoms with van der Waals surface area (Å²) in [6.07, 6.45) is 0. The summed E-state index contributed by atoms with van der Waals surface area (Å²) in [5, 5.41) is 0. The second kappa shape index (κ2) is 7.02. The van der Waals surface area contributed by atoms with Gasteiger partial charge in [0, 0.05) is 12.1 Å². The van der Waals surface area contributed by atoms with E-state index in [2.05, 4.69) is 4.72 Å². The van der Waals surface area contributed by atoms with E-state index in [4.69, 9.17) is 9.47 Å². The molecule has 0 aromatic heterocycles. The molecule has 2 aromatic rings. The van der Waals surface area contributed by atoms with Crippen molar-refractivity contribution in [2.75, 3.05) is 14.2 Å². The second-order valence-electron chi connectivity index (χ2n) is 5.23. The molecule has 5 nitrogen and oxygen atoms in total. The van der Waals surface area contributed by atoms with E-state index < -0.39 is 10.0 Å². The molecule has 1 atom stereocenters. The fraction of sp³-hybridized carbons (Fsp3) is 0.294. The first-order chi connectivity index (χ1) is 10.9. The van der Waals surface area contributed by atoms with Gasteiger partial charge in [-0.05, 0) is 31.0 Å².